The zero-order chi connectivity index (χ0) is 13.1. The minimum absolute atomic E-state index is 0.965. The van der Waals surface area contributed by atoms with E-state index >= 15 is 0 Å². The predicted octanol–water partition coefficient (Wildman–Crippen LogP) is 4.12. The van der Waals surface area contributed by atoms with Gasteiger partial charge in [0.25, 0.3) is 0 Å². The van der Waals surface area contributed by atoms with Gasteiger partial charge in [0.15, 0.2) is 0 Å². The van der Waals surface area contributed by atoms with E-state index in [1.807, 2.05) is 55.6 Å². The summed E-state index contributed by atoms with van der Waals surface area (Å²) in [7, 11) is 0. The lowest BCUT2D eigenvalue weighted by atomic mass is 10.1. The van der Waals surface area contributed by atoms with Gasteiger partial charge in [0, 0.05) is 23.0 Å². The van der Waals surface area contributed by atoms with Crippen molar-refractivity contribution in [2.45, 2.75) is 6.92 Å². The Morgan fingerprint density at radius 2 is 1.53 bits per heavy atom. The van der Waals surface area contributed by atoms with Crippen molar-refractivity contribution in [3.05, 3.63) is 72.6 Å². The number of hydrogen-bond donors (Lipinski definition) is 0. The molecule has 2 heteroatoms. The van der Waals surface area contributed by atoms with E-state index in [-0.39, 0.29) is 0 Å². The Bertz CT molecular complexity index is 673. The van der Waals surface area contributed by atoms with Crippen LogP contribution in [0.4, 0.5) is 0 Å². The molecule has 0 aliphatic carbocycles. The zero-order valence-corrected chi connectivity index (χ0v) is 10.7. The Labute approximate surface area is 112 Å². The van der Waals surface area contributed by atoms with E-state index in [2.05, 4.69) is 28.2 Å². The molecule has 0 radical (unpaired) electrons. The normalized spacial score (nSPS) is 10.4. The third-order valence-electron chi connectivity index (χ3n) is 3.02. The van der Waals surface area contributed by atoms with E-state index < -0.39 is 0 Å². The van der Waals surface area contributed by atoms with Gasteiger partial charge < -0.3 is 0 Å². The first-order valence-electron chi connectivity index (χ1n) is 6.28. The van der Waals surface area contributed by atoms with Crippen LogP contribution >= 0.6 is 0 Å². The molecule has 1 aromatic carbocycles. The fourth-order valence-corrected chi connectivity index (χ4v) is 2.03. The second-order valence-electron chi connectivity index (χ2n) is 4.46. The fraction of sp³-hybridized carbons (Fsp3) is 0.0588. The summed E-state index contributed by atoms with van der Waals surface area (Å²) in [4.78, 5) is 9.02. The quantitative estimate of drug-likeness (QED) is 0.679. The lowest BCUT2D eigenvalue weighted by molar-refractivity contribution is 1.20. The maximum atomic E-state index is 4.51. The van der Waals surface area contributed by atoms with E-state index in [9.17, 15) is 0 Å². The molecule has 0 saturated heterocycles. The first-order valence-corrected chi connectivity index (χ1v) is 6.28. The average Bonchev–Trinajstić information content (AvgIpc) is 2.48. The Balaban J connectivity index is 1.95. The molecule has 2 nitrogen and oxygen atoms in total. The summed E-state index contributed by atoms with van der Waals surface area (Å²) < 4.78 is 0. The van der Waals surface area contributed by atoms with Crippen molar-refractivity contribution in [1.29, 1.82) is 0 Å². The predicted molar refractivity (Wildman–Crippen MR) is 77.6 cm³/mol. The molecule has 0 spiro atoms. The van der Waals surface area contributed by atoms with Gasteiger partial charge in [0.05, 0.1) is 11.4 Å². The highest BCUT2D eigenvalue weighted by Gasteiger charge is 2.02. The summed E-state index contributed by atoms with van der Waals surface area (Å²) in [5.41, 5.74) is 5.14. The third-order valence-corrected chi connectivity index (χ3v) is 3.02. The molecule has 2 aromatic heterocycles. The lowest BCUT2D eigenvalue weighted by Gasteiger charge is -2.04. The molecular formula is C17H14N2. The van der Waals surface area contributed by atoms with Crippen molar-refractivity contribution in [3.8, 4) is 22.5 Å². The Kier molecular flexibility index (Phi) is 3.07. The summed E-state index contributed by atoms with van der Waals surface area (Å²) in [6, 6.07) is 20.3. The van der Waals surface area contributed by atoms with Gasteiger partial charge in [-0.1, -0.05) is 36.4 Å². The number of nitrogens with zero attached hydrogens (tertiary/aromatic N) is 2. The van der Waals surface area contributed by atoms with Crippen LogP contribution in [-0.4, -0.2) is 9.97 Å². The highest BCUT2D eigenvalue weighted by atomic mass is 14.7. The topological polar surface area (TPSA) is 25.8 Å². The SMILES string of the molecule is Cc1cccc(-c2ccc(-c3ccccc3)nc2)n1. The maximum absolute atomic E-state index is 4.51. The van der Waals surface area contributed by atoms with Crippen LogP contribution in [0.3, 0.4) is 0 Å². The first kappa shape index (κ1) is 11.6. The van der Waals surface area contributed by atoms with Crippen LogP contribution in [0.1, 0.15) is 5.69 Å². The van der Waals surface area contributed by atoms with E-state index in [4.69, 9.17) is 0 Å². The number of aromatic nitrogens is 2. The smallest absolute Gasteiger partial charge is 0.0720 e. The van der Waals surface area contributed by atoms with Crippen LogP contribution in [0.2, 0.25) is 0 Å². The molecule has 19 heavy (non-hydrogen) atoms. The lowest BCUT2D eigenvalue weighted by Crippen LogP contribution is -1.88. The monoisotopic (exact) mass is 246 g/mol. The van der Waals surface area contributed by atoms with Gasteiger partial charge in [-0.3, -0.25) is 9.97 Å². The van der Waals surface area contributed by atoms with Crippen molar-refractivity contribution < 1.29 is 0 Å². The number of aryl methyl sites for hydroxylation is 1. The molecule has 0 aliphatic heterocycles. The molecule has 0 unspecified atom stereocenters. The van der Waals surface area contributed by atoms with Crippen LogP contribution in [0.25, 0.3) is 22.5 Å². The zero-order valence-electron chi connectivity index (χ0n) is 10.7. The number of benzene rings is 1. The van der Waals surface area contributed by atoms with Crippen LogP contribution in [0.15, 0.2) is 66.9 Å². The van der Waals surface area contributed by atoms with Crippen molar-refractivity contribution in [2.24, 2.45) is 0 Å². The first-order chi connectivity index (χ1) is 9.33. The third kappa shape index (κ3) is 2.52. The minimum Gasteiger partial charge on any atom is -0.256 e. The van der Waals surface area contributed by atoms with Gasteiger partial charge in [0.1, 0.15) is 0 Å². The van der Waals surface area contributed by atoms with Crippen LogP contribution in [0, 0.1) is 6.92 Å². The van der Waals surface area contributed by atoms with Crippen LogP contribution in [0.5, 0.6) is 0 Å². The molecule has 2 heterocycles. The molecule has 92 valence electrons. The molecule has 0 atom stereocenters. The van der Waals surface area contributed by atoms with Crippen molar-refractivity contribution >= 4 is 0 Å². The molecule has 0 bridgehead atoms. The van der Waals surface area contributed by atoms with Crippen molar-refractivity contribution in [1.82, 2.24) is 9.97 Å². The molecule has 3 aromatic rings. The Morgan fingerprint density at radius 3 is 2.21 bits per heavy atom. The van der Waals surface area contributed by atoms with Gasteiger partial charge in [0.2, 0.25) is 0 Å². The van der Waals surface area contributed by atoms with E-state index in [0.717, 1.165) is 28.2 Å². The summed E-state index contributed by atoms with van der Waals surface area (Å²) in [5.74, 6) is 0. The van der Waals surface area contributed by atoms with Crippen LogP contribution < -0.4 is 0 Å². The van der Waals surface area contributed by atoms with Gasteiger partial charge >= 0.3 is 0 Å². The summed E-state index contributed by atoms with van der Waals surface area (Å²) in [6.45, 7) is 2.00. The molecule has 0 amide bonds. The number of pyridine rings is 2. The molecule has 3 rings (SSSR count). The molecular weight excluding hydrogens is 232 g/mol. The van der Waals surface area contributed by atoms with Gasteiger partial charge in [-0.2, -0.15) is 0 Å². The second kappa shape index (κ2) is 5.02. The number of hydrogen-bond acceptors (Lipinski definition) is 2. The summed E-state index contributed by atoms with van der Waals surface area (Å²) in [5, 5.41) is 0. The van der Waals surface area contributed by atoms with Crippen molar-refractivity contribution in [2.75, 3.05) is 0 Å². The highest BCUT2D eigenvalue weighted by Crippen LogP contribution is 2.21. The molecule has 0 fully saturated rings. The van der Waals surface area contributed by atoms with Crippen LogP contribution in [-0.2, 0) is 0 Å². The number of rotatable bonds is 2. The largest absolute Gasteiger partial charge is 0.256 e. The second-order valence-corrected chi connectivity index (χ2v) is 4.46. The molecule has 0 aliphatic rings. The van der Waals surface area contributed by atoms with E-state index in [1.54, 1.807) is 0 Å². The fourth-order valence-electron chi connectivity index (χ4n) is 2.03. The van der Waals surface area contributed by atoms with Crippen molar-refractivity contribution in [3.63, 3.8) is 0 Å². The average molecular weight is 246 g/mol. The molecule has 0 saturated carbocycles. The summed E-state index contributed by atoms with van der Waals surface area (Å²) >= 11 is 0. The Hall–Kier alpha value is -2.48. The Morgan fingerprint density at radius 1 is 0.684 bits per heavy atom. The van der Waals surface area contributed by atoms with Gasteiger partial charge in [-0.15, -0.1) is 0 Å². The van der Waals surface area contributed by atoms with Gasteiger partial charge in [-0.25, -0.2) is 0 Å². The molecule has 0 N–H and O–H groups in total. The van der Waals surface area contributed by atoms with E-state index in [1.165, 1.54) is 0 Å². The minimum atomic E-state index is 0.965. The summed E-state index contributed by atoms with van der Waals surface area (Å²) in [6.07, 6.45) is 1.88. The maximum Gasteiger partial charge on any atom is 0.0720 e. The standard InChI is InChI=1S/C17H14N2/c1-13-6-5-9-17(19-13)15-10-11-16(18-12-15)14-7-3-2-4-8-14/h2-12H,1H3. The van der Waals surface area contributed by atoms with E-state index in [0.29, 0.717) is 0 Å². The van der Waals surface area contributed by atoms with Gasteiger partial charge in [-0.05, 0) is 31.2 Å². The highest BCUT2D eigenvalue weighted by molar-refractivity contribution is 5.64.